The summed E-state index contributed by atoms with van der Waals surface area (Å²) in [6, 6.07) is 0. The largest absolute Gasteiger partial charge is 0.490 e. The molecule has 1 aromatic carbocycles. The molecule has 0 radical (unpaired) electrons. The van der Waals surface area contributed by atoms with Gasteiger partial charge in [-0.05, 0) is 29.8 Å². The molecule has 3 aliphatic rings. The summed E-state index contributed by atoms with van der Waals surface area (Å²) in [5.74, 6) is 2.18. The van der Waals surface area contributed by atoms with Gasteiger partial charge in [0, 0.05) is 62.3 Å². The van der Waals surface area contributed by atoms with E-state index in [0.29, 0.717) is 0 Å². The fourth-order valence-corrected chi connectivity index (χ4v) is 4.48. The Balaban J connectivity index is 1.76. The summed E-state index contributed by atoms with van der Waals surface area (Å²) in [4.78, 5) is 2.52. The molecule has 2 unspecified atom stereocenters. The van der Waals surface area contributed by atoms with Gasteiger partial charge in [-0.2, -0.15) is 0 Å². The zero-order valence-electron chi connectivity index (χ0n) is 13.2. The Morgan fingerprint density at radius 2 is 1.68 bits per heavy atom. The number of fused-ring (bicyclic) bond motifs is 2. The molecular formula is C17H23BrN2O2. The lowest BCUT2D eigenvalue weighted by Crippen LogP contribution is -2.43. The van der Waals surface area contributed by atoms with E-state index in [4.69, 9.17) is 9.47 Å². The number of benzene rings is 1. The minimum Gasteiger partial charge on any atom is -0.490 e. The van der Waals surface area contributed by atoms with Crippen molar-refractivity contribution in [3.05, 3.63) is 21.2 Å². The van der Waals surface area contributed by atoms with Crippen LogP contribution in [-0.4, -0.2) is 43.3 Å². The van der Waals surface area contributed by atoms with Crippen LogP contribution in [0.2, 0.25) is 0 Å². The minimum absolute atomic E-state index is 0.257. The van der Waals surface area contributed by atoms with Crippen molar-refractivity contribution >= 4 is 15.9 Å². The van der Waals surface area contributed by atoms with E-state index in [2.05, 4.69) is 40.0 Å². The molecule has 4 rings (SSSR count). The van der Waals surface area contributed by atoms with Gasteiger partial charge in [-0.1, -0.05) is 0 Å². The van der Waals surface area contributed by atoms with E-state index in [-0.39, 0.29) is 12.2 Å². The molecule has 5 heteroatoms. The van der Waals surface area contributed by atoms with E-state index >= 15 is 0 Å². The van der Waals surface area contributed by atoms with Crippen LogP contribution in [0.3, 0.4) is 0 Å². The zero-order chi connectivity index (χ0) is 15.3. The number of hydrogen-bond donors (Lipinski definition) is 1. The summed E-state index contributed by atoms with van der Waals surface area (Å²) >= 11 is 3.77. The molecule has 0 amide bonds. The molecule has 1 fully saturated rings. The molecule has 3 aliphatic heterocycles. The number of nitrogens with one attached hydrogen (secondary N) is 1. The van der Waals surface area contributed by atoms with Gasteiger partial charge in [0.25, 0.3) is 0 Å². The molecule has 120 valence electrons. The fraction of sp³-hybridized carbons (Fsp3) is 0.647. The molecule has 0 bridgehead atoms. The summed E-state index contributed by atoms with van der Waals surface area (Å²) in [5, 5.41) is 3.42. The van der Waals surface area contributed by atoms with Crippen molar-refractivity contribution in [2.75, 3.05) is 26.2 Å². The van der Waals surface area contributed by atoms with E-state index in [1.807, 2.05) is 0 Å². The fourth-order valence-electron chi connectivity index (χ4n) is 3.81. The predicted octanol–water partition coefficient (Wildman–Crippen LogP) is 2.50. The molecule has 1 aromatic rings. The van der Waals surface area contributed by atoms with Gasteiger partial charge < -0.3 is 14.8 Å². The van der Waals surface area contributed by atoms with Gasteiger partial charge in [-0.25, -0.2) is 0 Å². The van der Waals surface area contributed by atoms with Crippen LogP contribution >= 0.6 is 15.9 Å². The van der Waals surface area contributed by atoms with Crippen molar-refractivity contribution in [2.45, 2.75) is 45.4 Å². The van der Waals surface area contributed by atoms with Crippen molar-refractivity contribution in [1.82, 2.24) is 10.2 Å². The third-order valence-electron chi connectivity index (χ3n) is 4.86. The molecule has 0 spiro atoms. The topological polar surface area (TPSA) is 33.7 Å². The van der Waals surface area contributed by atoms with Crippen LogP contribution in [0.4, 0.5) is 0 Å². The Labute approximate surface area is 140 Å². The van der Waals surface area contributed by atoms with Crippen LogP contribution < -0.4 is 14.8 Å². The number of piperazine rings is 1. The first-order valence-corrected chi connectivity index (χ1v) is 9.05. The molecule has 0 aromatic heterocycles. The zero-order valence-corrected chi connectivity index (χ0v) is 14.8. The van der Waals surface area contributed by atoms with Crippen molar-refractivity contribution in [3.63, 3.8) is 0 Å². The second-order valence-electron chi connectivity index (χ2n) is 6.70. The highest BCUT2D eigenvalue weighted by Crippen LogP contribution is 2.49. The first-order chi connectivity index (χ1) is 10.6. The van der Waals surface area contributed by atoms with E-state index in [1.54, 1.807) is 0 Å². The molecule has 22 heavy (non-hydrogen) atoms. The Bertz CT molecular complexity index is 560. The lowest BCUT2D eigenvalue weighted by Gasteiger charge is -2.28. The second-order valence-corrected chi connectivity index (χ2v) is 7.49. The van der Waals surface area contributed by atoms with Crippen molar-refractivity contribution in [2.24, 2.45) is 0 Å². The summed E-state index contributed by atoms with van der Waals surface area (Å²) in [6.45, 7) is 9.63. The van der Waals surface area contributed by atoms with E-state index in [1.165, 1.54) is 16.7 Å². The van der Waals surface area contributed by atoms with Gasteiger partial charge in [-0.15, -0.1) is 0 Å². The van der Waals surface area contributed by atoms with Crippen molar-refractivity contribution in [1.29, 1.82) is 0 Å². The summed E-state index contributed by atoms with van der Waals surface area (Å²) in [6.07, 6.45) is 2.47. The number of halogens is 1. The van der Waals surface area contributed by atoms with Crippen LogP contribution in [0.15, 0.2) is 4.47 Å². The molecule has 1 saturated heterocycles. The molecule has 0 saturated carbocycles. The third kappa shape index (κ3) is 2.43. The standard InChI is InChI=1S/C17H23BrN2O2/c1-10-7-12-14(9-20-5-3-19-4-6-20)16-13(8-11(2)21-16)15(18)17(12)22-10/h10-11,19H,3-9H2,1-2H3. The second kappa shape index (κ2) is 5.69. The summed E-state index contributed by atoms with van der Waals surface area (Å²) in [7, 11) is 0. The quantitative estimate of drug-likeness (QED) is 0.871. The monoisotopic (exact) mass is 366 g/mol. The Kier molecular flexibility index (Phi) is 3.83. The maximum atomic E-state index is 6.19. The molecule has 3 heterocycles. The van der Waals surface area contributed by atoms with Crippen LogP contribution in [0, 0.1) is 0 Å². The van der Waals surface area contributed by atoms with Gasteiger partial charge >= 0.3 is 0 Å². The Hall–Kier alpha value is -0.780. The van der Waals surface area contributed by atoms with Crippen LogP contribution in [0.1, 0.15) is 30.5 Å². The summed E-state index contributed by atoms with van der Waals surface area (Å²) in [5.41, 5.74) is 4.01. The lowest BCUT2D eigenvalue weighted by molar-refractivity contribution is 0.220. The average Bonchev–Trinajstić information content (AvgIpc) is 3.08. The van der Waals surface area contributed by atoms with Crippen LogP contribution in [0.5, 0.6) is 11.5 Å². The number of rotatable bonds is 2. The van der Waals surface area contributed by atoms with Gasteiger partial charge in [-0.3, -0.25) is 4.90 Å². The van der Waals surface area contributed by atoms with Gasteiger partial charge in [0.15, 0.2) is 0 Å². The Morgan fingerprint density at radius 3 is 2.41 bits per heavy atom. The third-order valence-corrected chi connectivity index (χ3v) is 5.70. The maximum Gasteiger partial charge on any atom is 0.138 e. The smallest absolute Gasteiger partial charge is 0.138 e. The average molecular weight is 367 g/mol. The highest BCUT2D eigenvalue weighted by Gasteiger charge is 2.35. The van der Waals surface area contributed by atoms with Crippen molar-refractivity contribution < 1.29 is 9.47 Å². The van der Waals surface area contributed by atoms with E-state index in [9.17, 15) is 0 Å². The number of ether oxygens (including phenoxy) is 2. The van der Waals surface area contributed by atoms with Gasteiger partial charge in [0.05, 0.1) is 4.47 Å². The molecular weight excluding hydrogens is 344 g/mol. The minimum atomic E-state index is 0.257. The molecule has 1 N–H and O–H groups in total. The van der Waals surface area contributed by atoms with Crippen LogP contribution in [-0.2, 0) is 19.4 Å². The van der Waals surface area contributed by atoms with E-state index in [0.717, 1.165) is 61.5 Å². The predicted molar refractivity (Wildman–Crippen MR) is 89.9 cm³/mol. The number of hydrogen-bond acceptors (Lipinski definition) is 4. The maximum absolute atomic E-state index is 6.19. The van der Waals surface area contributed by atoms with Crippen LogP contribution in [0.25, 0.3) is 0 Å². The van der Waals surface area contributed by atoms with Gasteiger partial charge in [0.1, 0.15) is 23.7 Å². The highest BCUT2D eigenvalue weighted by atomic mass is 79.9. The lowest BCUT2D eigenvalue weighted by atomic mass is 9.97. The first-order valence-electron chi connectivity index (χ1n) is 8.26. The molecule has 2 atom stereocenters. The normalized spacial score (nSPS) is 27.2. The molecule has 0 aliphatic carbocycles. The SMILES string of the molecule is CC1Cc2c(CN3CCNCC3)c3c(c(Br)c2O1)CC(C)O3. The summed E-state index contributed by atoms with van der Waals surface area (Å²) < 4.78 is 13.4. The van der Waals surface area contributed by atoms with E-state index < -0.39 is 0 Å². The van der Waals surface area contributed by atoms with Gasteiger partial charge in [0.2, 0.25) is 0 Å². The number of nitrogens with zero attached hydrogens (tertiary/aromatic N) is 1. The van der Waals surface area contributed by atoms with Crippen molar-refractivity contribution in [3.8, 4) is 11.5 Å². The highest BCUT2D eigenvalue weighted by molar-refractivity contribution is 9.10. The Morgan fingerprint density at radius 1 is 1.05 bits per heavy atom. The molecule has 4 nitrogen and oxygen atoms in total. The first kappa shape index (κ1) is 14.8.